The van der Waals surface area contributed by atoms with Crippen molar-refractivity contribution in [1.82, 2.24) is 0 Å². The fourth-order valence-electron chi connectivity index (χ4n) is 3.73. The zero-order chi connectivity index (χ0) is 21.8. The minimum absolute atomic E-state index is 0.377. The fourth-order valence-corrected chi connectivity index (χ4v) is 3.73. The molecule has 2 aromatic carbocycles. The molecule has 166 valence electrons. The van der Waals surface area contributed by atoms with Gasteiger partial charge >= 0.3 is 0 Å². The molecule has 1 unspecified atom stereocenters. The monoisotopic (exact) mass is 414 g/mol. The number of para-hydroxylation sites is 1. The lowest BCUT2D eigenvalue weighted by Gasteiger charge is -2.37. The molecule has 30 heavy (non-hydrogen) atoms. The third-order valence-corrected chi connectivity index (χ3v) is 5.90. The van der Waals surface area contributed by atoms with Gasteiger partial charge in [-0.3, -0.25) is 0 Å². The van der Waals surface area contributed by atoms with Crippen molar-refractivity contribution in [2.24, 2.45) is 5.41 Å². The predicted octanol–water partition coefficient (Wildman–Crippen LogP) is 4.98. The number of benzene rings is 2. The number of hydrogen-bond acceptors (Lipinski definition) is 4. The van der Waals surface area contributed by atoms with Crippen LogP contribution < -0.4 is 4.74 Å². The van der Waals surface area contributed by atoms with E-state index in [2.05, 4.69) is 13.0 Å². The molecule has 0 aliphatic carbocycles. The van der Waals surface area contributed by atoms with Gasteiger partial charge in [0.1, 0.15) is 11.9 Å². The summed E-state index contributed by atoms with van der Waals surface area (Å²) in [6.07, 6.45) is 7.65. The summed E-state index contributed by atoms with van der Waals surface area (Å²) >= 11 is 0. The van der Waals surface area contributed by atoms with Gasteiger partial charge in [-0.05, 0) is 37.0 Å². The van der Waals surface area contributed by atoms with Gasteiger partial charge in [-0.15, -0.1) is 0 Å². The van der Waals surface area contributed by atoms with Crippen LogP contribution in [0, 0.1) is 12.3 Å². The molecule has 2 aromatic rings. The van der Waals surface area contributed by atoms with E-state index in [1.54, 1.807) is 0 Å². The lowest BCUT2D eigenvalue weighted by Crippen LogP contribution is -2.42. The number of aliphatic hydroxyl groups excluding tert-OH is 3. The standard InChI is InChI=1S/C26H38O4/c1-3-4-5-6-7-8-11-22-12-9-10-13-24(22)30-25(26(18-27,19-28)20-29)23-16-14-21(2)15-17-23/h9-10,12-17,25,27-29H,3-8,11,18-20H2,1-2H3. The summed E-state index contributed by atoms with van der Waals surface area (Å²) in [7, 11) is 0. The van der Waals surface area contributed by atoms with Crippen molar-refractivity contribution in [2.75, 3.05) is 19.8 Å². The summed E-state index contributed by atoms with van der Waals surface area (Å²) in [5.41, 5.74) is 1.88. The van der Waals surface area contributed by atoms with Gasteiger partial charge in [0.15, 0.2) is 0 Å². The summed E-state index contributed by atoms with van der Waals surface area (Å²) in [5, 5.41) is 30.2. The Morgan fingerprint density at radius 3 is 2.03 bits per heavy atom. The van der Waals surface area contributed by atoms with Gasteiger partial charge in [-0.1, -0.05) is 87.1 Å². The molecule has 0 fully saturated rings. The lowest BCUT2D eigenvalue weighted by atomic mass is 9.80. The molecular formula is C26H38O4. The third-order valence-electron chi connectivity index (χ3n) is 5.90. The largest absolute Gasteiger partial charge is 0.485 e. The molecule has 4 nitrogen and oxygen atoms in total. The number of rotatable bonds is 14. The molecule has 0 aliphatic rings. The molecule has 0 saturated heterocycles. The van der Waals surface area contributed by atoms with Crippen molar-refractivity contribution < 1.29 is 20.1 Å². The highest BCUT2D eigenvalue weighted by atomic mass is 16.5. The molecular weight excluding hydrogens is 376 g/mol. The fraction of sp³-hybridized carbons (Fsp3) is 0.538. The van der Waals surface area contributed by atoms with Gasteiger partial charge in [-0.2, -0.15) is 0 Å². The minimum Gasteiger partial charge on any atom is -0.485 e. The maximum Gasteiger partial charge on any atom is 0.136 e. The first kappa shape index (κ1) is 24.4. The Kier molecular flexibility index (Phi) is 10.4. The van der Waals surface area contributed by atoms with Crippen LogP contribution in [0.3, 0.4) is 0 Å². The van der Waals surface area contributed by atoms with Crippen LogP contribution in [0.1, 0.15) is 68.2 Å². The summed E-state index contributed by atoms with van der Waals surface area (Å²) in [6.45, 7) is 3.10. The second-order valence-electron chi connectivity index (χ2n) is 8.37. The predicted molar refractivity (Wildman–Crippen MR) is 122 cm³/mol. The van der Waals surface area contributed by atoms with E-state index >= 15 is 0 Å². The van der Waals surface area contributed by atoms with Crippen LogP contribution in [0.15, 0.2) is 48.5 Å². The van der Waals surface area contributed by atoms with E-state index in [1.807, 2.05) is 49.4 Å². The maximum atomic E-state index is 10.1. The van der Waals surface area contributed by atoms with Gasteiger partial charge in [0.2, 0.25) is 0 Å². The number of aliphatic hydroxyl groups is 3. The molecule has 0 radical (unpaired) electrons. The molecule has 0 bridgehead atoms. The normalized spacial score (nSPS) is 12.7. The SMILES string of the molecule is CCCCCCCCc1ccccc1OC(c1ccc(C)cc1)C(CO)(CO)CO. The van der Waals surface area contributed by atoms with Gasteiger partial charge in [0.25, 0.3) is 0 Å². The van der Waals surface area contributed by atoms with Crippen LogP contribution in [-0.4, -0.2) is 35.1 Å². The highest BCUT2D eigenvalue weighted by Crippen LogP contribution is 2.38. The lowest BCUT2D eigenvalue weighted by molar-refractivity contribution is -0.0745. The van der Waals surface area contributed by atoms with Gasteiger partial charge < -0.3 is 20.1 Å². The van der Waals surface area contributed by atoms with Crippen molar-refractivity contribution in [3.63, 3.8) is 0 Å². The number of ether oxygens (including phenoxy) is 1. The van der Waals surface area contributed by atoms with Crippen LogP contribution in [0.2, 0.25) is 0 Å². The van der Waals surface area contributed by atoms with E-state index in [-0.39, 0.29) is 19.8 Å². The molecule has 0 aliphatic heterocycles. The highest BCUT2D eigenvalue weighted by Gasteiger charge is 2.41. The maximum absolute atomic E-state index is 10.1. The van der Waals surface area contributed by atoms with Crippen molar-refractivity contribution >= 4 is 0 Å². The number of aryl methyl sites for hydroxylation is 2. The van der Waals surface area contributed by atoms with Crippen LogP contribution in [0.25, 0.3) is 0 Å². The second kappa shape index (κ2) is 12.7. The average Bonchev–Trinajstić information content (AvgIpc) is 2.78. The first-order valence-electron chi connectivity index (χ1n) is 11.2. The first-order valence-corrected chi connectivity index (χ1v) is 11.2. The van der Waals surface area contributed by atoms with E-state index in [0.29, 0.717) is 0 Å². The molecule has 2 rings (SSSR count). The van der Waals surface area contributed by atoms with Crippen molar-refractivity contribution in [3.05, 3.63) is 65.2 Å². The van der Waals surface area contributed by atoms with Crippen LogP contribution in [0.4, 0.5) is 0 Å². The molecule has 0 saturated carbocycles. The summed E-state index contributed by atoms with van der Waals surface area (Å²) < 4.78 is 6.43. The molecule has 0 aromatic heterocycles. The molecule has 3 N–H and O–H groups in total. The van der Waals surface area contributed by atoms with E-state index in [1.165, 1.54) is 32.1 Å². The zero-order valence-corrected chi connectivity index (χ0v) is 18.5. The Labute approximate surface area is 181 Å². The van der Waals surface area contributed by atoms with Crippen LogP contribution in [-0.2, 0) is 6.42 Å². The number of unbranched alkanes of at least 4 members (excludes halogenated alkanes) is 5. The summed E-state index contributed by atoms with van der Waals surface area (Å²) in [6, 6.07) is 15.8. The summed E-state index contributed by atoms with van der Waals surface area (Å²) in [4.78, 5) is 0. The van der Waals surface area contributed by atoms with Gasteiger partial charge in [-0.25, -0.2) is 0 Å². The van der Waals surface area contributed by atoms with Crippen LogP contribution >= 0.6 is 0 Å². The van der Waals surface area contributed by atoms with E-state index in [0.717, 1.165) is 35.3 Å². The van der Waals surface area contributed by atoms with Crippen molar-refractivity contribution in [1.29, 1.82) is 0 Å². The van der Waals surface area contributed by atoms with Gasteiger partial charge in [0, 0.05) is 0 Å². The second-order valence-corrected chi connectivity index (χ2v) is 8.37. The first-order chi connectivity index (χ1) is 14.6. The van der Waals surface area contributed by atoms with E-state index in [9.17, 15) is 15.3 Å². The molecule has 4 heteroatoms. The Morgan fingerprint density at radius 1 is 0.800 bits per heavy atom. The third kappa shape index (κ3) is 6.56. The van der Waals surface area contributed by atoms with Gasteiger partial charge in [0.05, 0.1) is 25.2 Å². The van der Waals surface area contributed by atoms with E-state index in [4.69, 9.17) is 4.74 Å². The Hall–Kier alpha value is -1.88. The van der Waals surface area contributed by atoms with E-state index < -0.39 is 11.5 Å². The molecule has 0 spiro atoms. The smallest absolute Gasteiger partial charge is 0.136 e. The average molecular weight is 415 g/mol. The highest BCUT2D eigenvalue weighted by molar-refractivity contribution is 5.35. The topological polar surface area (TPSA) is 69.9 Å². The Bertz CT molecular complexity index is 714. The minimum atomic E-state index is -1.18. The number of hydrogen-bond donors (Lipinski definition) is 3. The molecule has 1 atom stereocenters. The van der Waals surface area contributed by atoms with Crippen molar-refractivity contribution in [3.8, 4) is 5.75 Å². The van der Waals surface area contributed by atoms with Crippen LogP contribution in [0.5, 0.6) is 5.75 Å². The van der Waals surface area contributed by atoms with Crippen molar-refractivity contribution in [2.45, 2.75) is 64.9 Å². The molecule has 0 heterocycles. The Morgan fingerprint density at radius 2 is 1.40 bits per heavy atom. The molecule has 0 amide bonds. The quantitative estimate of drug-likeness (QED) is 0.381. The Balaban J connectivity index is 2.22. The summed E-state index contributed by atoms with van der Waals surface area (Å²) in [5.74, 6) is 0.747. The zero-order valence-electron chi connectivity index (χ0n) is 18.5.